The topological polar surface area (TPSA) is 78.4 Å². The third-order valence-electron chi connectivity index (χ3n) is 1.66. The molecular formula is C9H8Cl2N2O3. The molecule has 0 heterocycles. The Morgan fingerprint density at radius 1 is 1.25 bits per heavy atom. The minimum Gasteiger partial charge on any atom is -0.465 e. The Balaban J connectivity index is 2.51. The number of benzene rings is 1. The van der Waals surface area contributed by atoms with E-state index in [2.05, 4.69) is 5.32 Å². The van der Waals surface area contributed by atoms with Crippen LogP contribution in [0.1, 0.15) is 5.56 Å². The zero-order chi connectivity index (χ0) is 12.1. The molecule has 5 nitrogen and oxygen atoms in total. The molecule has 1 rings (SSSR count). The zero-order valence-electron chi connectivity index (χ0n) is 7.96. The second-order valence-electron chi connectivity index (χ2n) is 2.86. The highest BCUT2D eigenvalue weighted by Gasteiger charge is 2.05. The summed E-state index contributed by atoms with van der Waals surface area (Å²) in [6.45, 7) is 0.163. The van der Waals surface area contributed by atoms with Gasteiger partial charge in [0.05, 0.1) is 10.0 Å². The molecule has 7 heteroatoms. The molecule has 16 heavy (non-hydrogen) atoms. The van der Waals surface area contributed by atoms with Gasteiger partial charge in [0.15, 0.2) is 0 Å². The van der Waals surface area contributed by atoms with Gasteiger partial charge in [-0.3, -0.25) is 0 Å². The van der Waals surface area contributed by atoms with Crippen LogP contribution < -0.4 is 10.6 Å². The van der Waals surface area contributed by atoms with Crippen molar-refractivity contribution in [1.82, 2.24) is 10.6 Å². The van der Waals surface area contributed by atoms with E-state index < -0.39 is 12.1 Å². The Morgan fingerprint density at radius 3 is 2.50 bits per heavy atom. The molecule has 0 spiro atoms. The number of hydrogen-bond donors (Lipinski definition) is 3. The largest absolute Gasteiger partial charge is 0.465 e. The van der Waals surface area contributed by atoms with E-state index in [-0.39, 0.29) is 6.54 Å². The summed E-state index contributed by atoms with van der Waals surface area (Å²) >= 11 is 11.5. The number of nitrogens with one attached hydrogen (secondary N) is 2. The molecule has 0 radical (unpaired) electrons. The Kier molecular flexibility index (Phi) is 4.39. The number of halogens is 2. The van der Waals surface area contributed by atoms with Gasteiger partial charge in [0, 0.05) is 6.54 Å². The number of carbonyl (C=O) groups excluding carboxylic acids is 1. The number of urea groups is 1. The average molecular weight is 263 g/mol. The molecule has 0 atom stereocenters. The van der Waals surface area contributed by atoms with Gasteiger partial charge in [-0.1, -0.05) is 29.3 Å². The van der Waals surface area contributed by atoms with Crippen LogP contribution in [0.15, 0.2) is 18.2 Å². The minimum atomic E-state index is -1.41. The van der Waals surface area contributed by atoms with Crippen LogP contribution in [0.2, 0.25) is 10.0 Å². The molecule has 0 fully saturated rings. The highest BCUT2D eigenvalue weighted by atomic mass is 35.5. The Hall–Kier alpha value is -1.46. The van der Waals surface area contributed by atoms with Gasteiger partial charge in [0.25, 0.3) is 0 Å². The van der Waals surface area contributed by atoms with Crippen molar-refractivity contribution in [3.8, 4) is 0 Å². The van der Waals surface area contributed by atoms with Gasteiger partial charge in [-0.05, 0) is 17.7 Å². The van der Waals surface area contributed by atoms with Crippen LogP contribution >= 0.6 is 23.2 Å². The van der Waals surface area contributed by atoms with Gasteiger partial charge in [-0.25, -0.2) is 14.9 Å². The Bertz CT molecular complexity index is 423. The molecule has 0 unspecified atom stereocenters. The summed E-state index contributed by atoms with van der Waals surface area (Å²) in [4.78, 5) is 21.0. The zero-order valence-corrected chi connectivity index (χ0v) is 9.47. The molecule has 86 valence electrons. The first-order chi connectivity index (χ1) is 7.49. The lowest BCUT2D eigenvalue weighted by atomic mass is 10.2. The number of amides is 3. The van der Waals surface area contributed by atoms with Gasteiger partial charge < -0.3 is 10.4 Å². The van der Waals surface area contributed by atoms with Crippen molar-refractivity contribution in [3.63, 3.8) is 0 Å². The molecular weight excluding hydrogens is 255 g/mol. The molecule has 0 aliphatic carbocycles. The molecule has 3 N–H and O–H groups in total. The predicted molar refractivity (Wildman–Crippen MR) is 59.9 cm³/mol. The lowest BCUT2D eigenvalue weighted by molar-refractivity contribution is 0.191. The van der Waals surface area contributed by atoms with Gasteiger partial charge in [-0.15, -0.1) is 0 Å². The summed E-state index contributed by atoms with van der Waals surface area (Å²) in [7, 11) is 0. The Labute approximate surface area is 101 Å². The maximum Gasteiger partial charge on any atom is 0.412 e. The molecule has 0 saturated heterocycles. The SMILES string of the molecule is O=C(O)NC(=O)NCc1ccc(Cl)c(Cl)c1. The van der Waals surface area contributed by atoms with Crippen LogP contribution in [0.25, 0.3) is 0 Å². The fourth-order valence-corrected chi connectivity index (χ4v) is 1.29. The smallest absolute Gasteiger partial charge is 0.412 e. The maximum absolute atomic E-state index is 10.9. The van der Waals surface area contributed by atoms with E-state index in [0.29, 0.717) is 10.0 Å². The third-order valence-corrected chi connectivity index (χ3v) is 2.40. The average Bonchev–Trinajstić information content (AvgIpc) is 2.19. The minimum absolute atomic E-state index is 0.163. The molecule has 0 bridgehead atoms. The third kappa shape index (κ3) is 3.96. The van der Waals surface area contributed by atoms with Crippen LogP contribution in [0.4, 0.5) is 9.59 Å². The van der Waals surface area contributed by atoms with Crippen LogP contribution in [0.5, 0.6) is 0 Å². The normalized spacial score (nSPS) is 9.62. The first kappa shape index (κ1) is 12.6. The second kappa shape index (κ2) is 5.58. The highest BCUT2D eigenvalue weighted by Crippen LogP contribution is 2.22. The molecule has 1 aromatic carbocycles. The van der Waals surface area contributed by atoms with E-state index in [9.17, 15) is 9.59 Å². The van der Waals surface area contributed by atoms with Crippen LogP contribution in [0, 0.1) is 0 Å². The van der Waals surface area contributed by atoms with Crippen LogP contribution in [-0.4, -0.2) is 17.2 Å². The van der Waals surface area contributed by atoms with E-state index in [0.717, 1.165) is 5.56 Å². The van der Waals surface area contributed by atoms with Gasteiger partial charge in [-0.2, -0.15) is 0 Å². The number of rotatable bonds is 2. The van der Waals surface area contributed by atoms with Crippen molar-refractivity contribution in [2.45, 2.75) is 6.54 Å². The molecule has 0 aliphatic rings. The van der Waals surface area contributed by atoms with Crippen molar-refractivity contribution in [2.75, 3.05) is 0 Å². The molecule has 0 saturated carbocycles. The predicted octanol–water partition coefficient (Wildman–Crippen LogP) is 2.47. The van der Waals surface area contributed by atoms with Crippen molar-refractivity contribution in [2.24, 2.45) is 0 Å². The summed E-state index contributed by atoms with van der Waals surface area (Å²) in [5.74, 6) is 0. The van der Waals surface area contributed by atoms with Gasteiger partial charge >= 0.3 is 12.1 Å². The van der Waals surface area contributed by atoms with E-state index in [1.807, 2.05) is 0 Å². The molecule has 3 amide bonds. The summed E-state index contributed by atoms with van der Waals surface area (Å²) in [5, 5.41) is 13.0. The summed E-state index contributed by atoms with van der Waals surface area (Å²) in [6.07, 6.45) is -1.41. The fraction of sp³-hybridized carbons (Fsp3) is 0.111. The number of carboxylic acid groups (broad SMARTS) is 1. The highest BCUT2D eigenvalue weighted by molar-refractivity contribution is 6.42. The number of hydrogen-bond acceptors (Lipinski definition) is 2. The van der Waals surface area contributed by atoms with Crippen molar-refractivity contribution < 1.29 is 14.7 Å². The van der Waals surface area contributed by atoms with E-state index >= 15 is 0 Å². The summed E-state index contributed by atoms with van der Waals surface area (Å²) in [5.41, 5.74) is 0.718. The van der Waals surface area contributed by atoms with Crippen LogP contribution in [0.3, 0.4) is 0 Å². The number of carbonyl (C=O) groups is 2. The number of imide groups is 1. The second-order valence-corrected chi connectivity index (χ2v) is 3.68. The Morgan fingerprint density at radius 2 is 1.94 bits per heavy atom. The summed E-state index contributed by atoms with van der Waals surface area (Å²) in [6, 6.07) is 4.06. The fourth-order valence-electron chi connectivity index (χ4n) is 0.973. The van der Waals surface area contributed by atoms with Crippen molar-refractivity contribution in [1.29, 1.82) is 0 Å². The summed E-state index contributed by atoms with van der Waals surface area (Å²) < 4.78 is 0. The maximum atomic E-state index is 10.9. The van der Waals surface area contributed by atoms with Crippen LogP contribution in [-0.2, 0) is 6.54 Å². The first-order valence-corrected chi connectivity index (χ1v) is 4.96. The standard InChI is InChI=1S/C9H8Cl2N2O3/c10-6-2-1-5(3-7(6)11)4-12-8(14)13-9(15)16/h1-3H,4H2,(H,15,16)(H2,12,13,14). The van der Waals surface area contributed by atoms with Gasteiger partial charge in [0.2, 0.25) is 0 Å². The molecule has 0 aromatic heterocycles. The van der Waals surface area contributed by atoms with Crippen molar-refractivity contribution in [3.05, 3.63) is 33.8 Å². The van der Waals surface area contributed by atoms with E-state index in [1.165, 1.54) is 0 Å². The van der Waals surface area contributed by atoms with E-state index in [1.54, 1.807) is 23.5 Å². The lowest BCUT2D eigenvalue weighted by Crippen LogP contribution is -2.38. The van der Waals surface area contributed by atoms with E-state index in [4.69, 9.17) is 28.3 Å². The molecule has 1 aromatic rings. The van der Waals surface area contributed by atoms with Gasteiger partial charge in [0.1, 0.15) is 0 Å². The monoisotopic (exact) mass is 262 g/mol. The first-order valence-electron chi connectivity index (χ1n) is 4.20. The van der Waals surface area contributed by atoms with Crippen molar-refractivity contribution >= 4 is 35.3 Å². The quantitative estimate of drug-likeness (QED) is 0.766. The lowest BCUT2D eigenvalue weighted by Gasteiger charge is -2.05. The molecule has 0 aliphatic heterocycles.